The first-order chi connectivity index (χ1) is 9.76. The molecule has 1 fully saturated rings. The molecule has 2 rings (SSSR count). The largest absolute Gasteiger partial charge is 0.480 e. The molecule has 1 aromatic carbocycles. The van der Waals surface area contributed by atoms with Crippen molar-refractivity contribution in [3.8, 4) is 0 Å². The number of aliphatic carboxylic acids is 1. The highest BCUT2D eigenvalue weighted by molar-refractivity contribution is 7.93. The Balaban J connectivity index is 1.94. The smallest absolute Gasteiger partial charge is 0.410 e. The zero-order valence-corrected chi connectivity index (χ0v) is 12.2. The summed E-state index contributed by atoms with van der Waals surface area (Å²) in [7, 11) is -3.81. The average Bonchev–Trinajstić information content (AvgIpc) is 2.34. The predicted octanol–water partition coefficient (Wildman–Crippen LogP) is 0.507. The summed E-state index contributed by atoms with van der Waals surface area (Å²) in [5.41, 5.74) is 0.791. The fourth-order valence-corrected chi connectivity index (χ4v) is 3.14. The van der Waals surface area contributed by atoms with E-state index in [0.717, 1.165) is 16.7 Å². The summed E-state index contributed by atoms with van der Waals surface area (Å²) in [4.78, 5) is 24.0. The number of nitrogens with zero attached hydrogens (tertiary/aromatic N) is 1. The van der Waals surface area contributed by atoms with Crippen LogP contribution in [0.4, 0.5) is 4.79 Å². The van der Waals surface area contributed by atoms with E-state index in [0.29, 0.717) is 0 Å². The third kappa shape index (κ3) is 2.85. The lowest BCUT2D eigenvalue weighted by molar-refractivity contribution is -0.144. The van der Waals surface area contributed by atoms with Gasteiger partial charge < -0.3 is 14.7 Å². The van der Waals surface area contributed by atoms with Crippen LogP contribution < -0.4 is 0 Å². The van der Waals surface area contributed by atoms with Crippen molar-refractivity contribution in [2.75, 3.05) is 19.3 Å². The molecule has 0 aromatic heterocycles. The molecule has 0 bridgehead atoms. The first kappa shape index (κ1) is 15.3. The first-order valence-corrected chi connectivity index (χ1v) is 8.04. The number of carboxylic acid groups (broad SMARTS) is 1. The third-order valence-corrected chi connectivity index (χ3v) is 5.31. The molecular weight excluding hydrogens is 298 g/mol. The number of benzene rings is 1. The maximum Gasteiger partial charge on any atom is 0.410 e. The van der Waals surface area contributed by atoms with Crippen LogP contribution in [-0.2, 0) is 26.0 Å². The number of hydrogen-bond acceptors (Lipinski definition) is 5. The van der Waals surface area contributed by atoms with Gasteiger partial charge in [0.05, 0.1) is 13.1 Å². The molecule has 0 atom stereocenters. The number of rotatable bonds is 4. The van der Waals surface area contributed by atoms with E-state index in [9.17, 15) is 18.0 Å². The van der Waals surface area contributed by atoms with E-state index in [-0.39, 0.29) is 6.61 Å². The van der Waals surface area contributed by atoms with E-state index in [1.165, 1.54) is 0 Å². The third-order valence-electron chi connectivity index (χ3n) is 3.46. The number of carbonyl (C=O) groups excluding carboxylic acids is 1. The van der Waals surface area contributed by atoms with Crippen molar-refractivity contribution in [1.82, 2.24) is 4.90 Å². The van der Waals surface area contributed by atoms with Gasteiger partial charge in [0.25, 0.3) is 0 Å². The van der Waals surface area contributed by atoms with Crippen LogP contribution in [0.1, 0.15) is 5.56 Å². The topological polar surface area (TPSA) is 101 Å². The number of carboxylic acids is 1. The molecule has 1 saturated heterocycles. The Morgan fingerprint density at radius 1 is 1.29 bits per heavy atom. The molecule has 1 aliphatic rings. The summed E-state index contributed by atoms with van der Waals surface area (Å²) in [6.45, 7) is -0.737. The van der Waals surface area contributed by atoms with E-state index in [2.05, 4.69) is 0 Å². The minimum Gasteiger partial charge on any atom is -0.480 e. The highest BCUT2D eigenvalue weighted by Crippen LogP contribution is 2.30. The molecule has 8 heteroatoms. The Morgan fingerprint density at radius 2 is 1.86 bits per heavy atom. The van der Waals surface area contributed by atoms with Gasteiger partial charge in [-0.15, -0.1) is 0 Å². The summed E-state index contributed by atoms with van der Waals surface area (Å²) >= 11 is 0. The Bertz CT molecular complexity index is 648. The SMILES string of the molecule is CS(=O)(=O)C1(C(=O)O)CN(C(=O)OCc2ccccc2)C1. The molecule has 0 unspecified atom stereocenters. The molecule has 1 N–H and O–H groups in total. The summed E-state index contributed by atoms with van der Waals surface area (Å²) in [5.74, 6) is -1.45. The molecule has 0 radical (unpaired) electrons. The molecule has 1 aliphatic heterocycles. The monoisotopic (exact) mass is 313 g/mol. The Morgan fingerprint density at radius 3 is 2.33 bits per heavy atom. The van der Waals surface area contributed by atoms with Crippen molar-refractivity contribution in [2.24, 2.45) is 0 Å². The normalized spacial score (nSPS) is 16.9. The van der Waals surface area contributed by atoms with Crippen molar-refractivity contribution >= 4 is 21.9 Å². The van der Waals surface area contributed by atoms with Gasteiger partial charge in [-0.05, 0) is 5.56 Å². The minimum absolute atomic E-state index is 0.0507. The Labute approximate surface area is 122 Å². The molecule has 114 valence electrons. The van der Waals surface area contributed by atoms with Crippen molar-refractivity contribution < 1.29 is 27.9 Å². The summed E-state index contributed by atoms with van der Waals surface area (Å²) < 4.78 is 26.2. The van der Waals surface area contributed by atoms with E-state index in [1.807, 2.05) is 6.07 Å². The summed E-state index contributed by atoms with van der Waals surface area (Å²) in [6.07, 6.45) is 0.132. The van der Waals surface area contributed by atoms with E-state index in [1.54, 1.807) is 24.3 Å². The maximum atomic E-state index is 11.8. The van der Waals surface area contributed by atoms with E-state index in [4.69, 9.17) is 9.84 Å². The second-order valence-corrected chi connectivity index (χ2v) is 7.29. The molecule has 1 aromatic rings. The van der Waals surface area contributed by atoms with Crippen LogP contribution in [0.3, 0.4) is 0 Å². The lowest BCUT2D eigenvalue weighted by Gasteiger charge is -2.44. The molecule has 21 heavy (non-hydrogen) atoms. The van der Waals surface area contributed by atoms with Gasteiger partial charge in [0.2, 0.25) is 4.75 Å². The van der Waals surface area contributed by atoms with Crippen molar-refractivity contribution in [3.05, 3.63) is 35.9 Å². The lowest BCUT2D eigenvalue weighted by atomic mass is 10.00. The second-order valence-electron chi connectivity index (χ2n) is 4.97. The van der Waals surface area contributed by atoms with Crippen LogP contribution in [0.5, 0.6) is 0 Å². The summed E-state index contributed by atoms with van der Waals surface area (Å²) in [5, 5.41) is 9.07. The Hall–Kier alpha value is -2.09. The molecule has 7 nitrogen and oxygen atoms in total. The minimum atomic E-state index is -3.81. The van der Waals surface area contributed by atoms with Crippen LogP contribution in [0.2, 0.25) is 0 Å². The van der Waals surface area contributed by atoms with Crippen LogP contribution in [0.15, 0.2) is 30.3 Å². The second kappa shape index (κ2) is 5.36. The average molecular weight is 313 g/mol. The van der Waals surface area contributed by atoms with Gasteiger partial charge in [0.1, 0.15) is 6.61 Å². The molecular formula is C13H15NO6S. The standard InChI is InChI=1S/C13H15NO6S/c1-21(18,19)13(11(15)16)8-14(9-13)12(17)20-7-10-5-3-2-4-6-10/h2-6H,7-9H2,1H3,(H,15,16). The number of sulfone groups is 1. The first-order valence-electron chi connectivity index (χ1n) is 6.15. The summed E-state index contributed by atoms with van der Waals surface area (Å²) in [6, 6.07) is 8.98. The van der Waals surface area contributed by atoms with Gasteiger partial charge >= 0.3 is 12.1 Å². The van der Waals surface area contributed by atoms with Crippen LogP contribution in [-0.4, -0.2) is 54.6 Å². The molecule has 0 spiro atoms. The fourth-order valence-electron chi connectivity index (χ4n) is 2.04. The maximum absolute atomic E-state index is 11.8. The van der Waals surface area contributed by atoms with Gasteiger partial charge in [-0.1, -0.05) is 30.3 Å². The zero-order valence-electron chi connectivity index (χ0n) is 11.4. The van der Waals surface area contributed by atoms with E-state index >= 15 is 0 Å². The number of carbonyl (C=O) groups is 2. The number of amides is 1. The van der Waals surface area contributed by atoms with Crippen molar-refractivity contribution in [3.63, 3.8) is 0 Å². The zero-order chi connectivity index (χ0) is 15.7. The molecule has 0 aliphatic carbocycles. The van der Waals surface area contributed by atoms with Crippen molar-refractivity contribution in [2.45, 2.75) is 11.4 Å². The quantitative estimate of drug-likeness (QED) is 0.869. The van der Waals surface area contributed by atoms with Crippen LogP contribution >= 0.6 is 0 Å². The van der Waals surface area contributed by atoms with Gasteiger partial charge in [0.15, 0.2) is 9.84 Å². The number of likely N-dealkylation sites (tertiary alicyclic amines) is 1. The van der Waals surface area contributed by atoms with Crippen LogP contribution in [0, 0.1) is 0 Å². The van der Waals surface area contributed by atoms with Crippen molar-refractivity contribution in [1.29, 1.82) is 0 Å². The molecule has 1 amide bonds. The fraction of sp³-hybridized carbons (Fsp3) is 0.385. The van der Waals surface area contributed by atoms with Gasteiger partial charge in [-0.3, -0.25) is 4.79 Å². The lowest BCUT2D eigenvalue weighted by Crippen LogP contribution is -2.70. The Kier molecular flexibility index (Phi) is 3.91. The van der Waals surface area contributed by atoms with Crippen LogP contribution in [0.25, 0.3) is 0 Å². The number of hydrogen-bond donors (Lipinski definition) is 1. The molecule has 1 heterocycles. The highest BCUT2D eigenvalue weighted by Gasteiger charge is 2.59. The predicted molar refractivity (Wildman–Crippen MR) is 73.4 cm³/mol. The number of ether oxygens (including phenoxy) is 1. The highest BCUT2D eigenvalue weighted by atomic mass is 32.2. The van der Waals surface area contributed by atoms with Gasteiger partial charge in [-0.2, -0.15) is 0 Å². The van der Waals surface area contributed by atoms with Gasteiger partial charge in [-0.25, -0.2) is 13.2 Å². The van der Waals surface area contributed by atoms with E-state index < -0.39 is 39.7 Å². The molecule has 0 saturated carbocycles. The van der Waals surface area contributed by atoms with Gasteiger partial charge in [0, 0.05) is 6.26 Å².